The number of carbonyl (C=O) groups excluding carboxylic acids is 1. The Hall–Kier alpha value is -1.52. The molecule has 0 aliphatic carbocycles. The molecular formula is C10H16N4O. The Labute approximate surface area is 88.8 Å². The van der Waals surface area contributed by atoms with E-state index in [1.165, 1.54) is 0 Å². The number of nitrogens with zero attached hydrogens (tertiary/aromatic N) is 2. The van der Waals surface area contributed by atoms with Gasteiger partial charge in [-0.05, 0) is 12.8 Å². The molecule has 1 amide bonds. The average Bonchev–Trinajstić information content (AvgIpc) is 2.69. The highest BCUT2D eigenvalue weighted by atomic mass is 16.1. The number of aromatic nitrogens is 2. The van der Waals surface area contributed by atoms with Gasteiger partial charge in [0.05, 0.1) is 6.20 Å². The molecule has 0 spiro atoms. The first kappa shape index (κ1) is 10.0. The van der Waals surface area contributed by atoms with Gasteiger partial charge < -0.3 is 10.2 Å². The Kier molecular flexibility index (Phi) is 2.89. The van der Waals surface area contributed by atoms with Crippen LogP contribution in [0.15, 0.2) is 12.3 Å². The van der Waals surface area contributed by atoms with Crippen LogP contribution in [-0.4, -0.2) is 35.2 Å². The van der Waals surface area contributed by atoms with Gasteiger partial charge in [0.2, 0.25) is 5.91 Å². The van der Waals surface area contributed by atoms with E-state index in [9.17, 15) is 4.79 Å². The fraction of sp³-hybridized carbons (Fsp3) is 0.600. The van der Waals surface area contributed by atoms with E-state index >= 15 is 0 Å². The normalized spacial score (nSPS) is 21.4. The Morgan fingerprint density at radius 1 is 1.73 bits per heavy atom. The summed E-state index contributed by atoms with van der Waals surface area (Å²) in [7, 11) is 0. The fourth-order valence-corrected chi connectivity index (χ4v) is 2.03. The van der Waals surface area contributed by atoms with Crippen LogP contribution in [0.4, 0.5) is 5.82 Å². The second-order valence-electron chi connectivity index (χ2n) is 3.93. The molecule has 0 aromatic carbocycles. The van der Waals surface area contributed by atoms with Crippen LogP contribution >= 0.6 is 0 Å². The minimum Gasteiger partial charge on any atom is -0.355 e. The zero-order valence-corrected chi connectivity index (χ0v) is 8.86. The second-order valence-corrected chi connectivity index (χ2v) is 3.93. The summed E-state index contributed by atoms with van der Waals surface area (Å²) in [5.74, 6) is 1.08. The van der Waals surface area contributed by atoms with Gasteiger partial charge in [0.25, 0.3) is 0 Å². The maximum atomic E-state index is 11.0. The lowest BCUT2D eigenvalue weighted by molar-refractivity contribution is -0.119. The summed E-state index contributed by atoms with van der Waals surface area (Å²) in [4.78, 5) is 13.2. The number of aromatic amines is 1. The summed E-state index contributed by atoms with van der Waals surface area (Å²) in [5, 5.41) is 9.83. The summed E-state index contributed by atoms with van der Waals surface area (Å²) in [6, 6.07) is 2.22. The van der Waals surface area contributed by atoms with Crippen molar-refractivity contribution in [3.05, 3.63) is 12.3 Å². The third-order valence-corrected chi connectivity index (χ3v) is 2.66. The topological polar surface area (TPSA) is 61.0 Å². The van der Waals surface area contributed by atoms with E-state index in [1.807, 2.05) is 6.07 Å². The van der Waals surface area contributed by atoms with Crippen LogP contribution in [0, 0.1) is 0 Å². The van der Waals surface area contributed by atoms with Crippen LogP contribution in [0.3, 0.4) is 0 Å². The van der Waals surface area contributed by atoms with Crippen molar-refractivity contribution in [2.75, 3.05) is 18.0 Å². The number of rotatable bonds is 2. The van der Waals surface area contributed by atoms with Crippen molar-refractivity contribution < 1.29 is 4.79 Å². The van der Waals surface area contributed by atoms with Crippen molar-refractivity contribution >= 4 is 11.7 Å². The molecule has 1 fully saturated rings. The molecule has 0 bridgehead atoms. The SMILES string of the molecule is CC(=O)NC1CCCN(c2ccn[nH]2)C1. The minimum absolute atomic E-state index is 0.0476. The first-order valence-electron chi connectivity index (χ1n) is 5.27. The van der Waals surface area contributed by atoms with Gasteiger partial charge in [-0.3, -0.25) is 9.89 Å². The van der Waals surface area contributed by atoms with E-state index in [0.29, 0.717) is 0 Å². The number of carbonyl (C=O) groups is 1. The molecule has 5 nitrogen and oxygen atoms in total. The van der Waals surface area contributed by atoms with Crippen LogP contribution < -0.4 is 10.2 Å². The van der Waals surface area contributed by atoms with E-state index in [2.05, 4.69) is 20.4 Å². The Balaban J connectivity index is 1.95. The predicted octanol–water partition coefficient (Wildman–Crippen LogP) is 0.515. The summed E-state index contributed by atoms with van der Waals surface area (Å²) >= 11 is 0. The predicted molar refractivity (Wildman–Crippen MR) is 57.6 cm³/mol. The van der Waals surface area contributed by atoms with E-state index < -0.39 is 0 Å². The van der Waals surface area contributed by atoms with E-state index in [1.54, 1.807) is 13.1 Å². The highest BCUT2D eigenvalue weighted by molar-refractivity contribution is 5.73. The van der Waals surface area contributed by atoms with Gasteiger partial charge in [-0.25, -0.2) is 0 Å². The quantitative estimate of drug-likeness (QED) is 0.744. The molecule has 1 aromatic heterocycles. The number of amides is 1. The van der Waals surface area contributed by atoms with Crippen molar-refractivity contribution in [1.29, 1.82) is 0 Å². The third-order valence-electron chi connectivity index (χ3n) is 2.66. The molecular weight excluding hydrogens is 192 g/mol. The lowest BCUT2D eigenvalue weighted by atomic mass is 10.1. The summed E-state index contributed by atoms with van der Waals surface area (Å²) in [6.45, 7) is 3.45. The molecule has 1 unspecified atom stereocenters. The number of hydrogen-bond acceptors (Lipinski definition) is 3. The second kappa shape index (κ2) is 4.33. The first-order valence-corrected chi connectivity index (χ1v) is 5.27. The van der Waals surface area contributed by atoms with Gasteiger partial charge in [-0.1, -0.05) is 0 Å². The monoisotopic (exact) mass is 208 g/mol. The first-order chi connectivity index (χ1) is 7.25. The number of anilines is 1. The van der Waals surface area contributed by atoms with Crippen LogP contribution in [0.1, 0.15) is 19.8 Å². The number of piperidine rings is 1. The lowest BCUT2D eigenvalue weighted by Crippen LogP contribution is -2.47. The van der Waals surface area contributed by atoms with Crippen molar-refractivity contribution in [3.63, 3.8) is 0 Å². The summed E-state index contributed by atoms with van der Waals surface area (Å²) in [5.41, 5.74) is 0. The Morgan fingerprint density at radius 3 is 3.27 bits per heavy atom. The number of H-pyrrole nitrogens is 1. The molecule has 5 heteroatoms. The standard InChI is InChI=1S/C10H16N4O/c1-8(15)12-9-3-2-6-14(7-9)10-4-5-11-13-10/h4-5,9H,2-3,6-7H2,1H3,(H,11,13)(H,12,15). The molecule has 82 valence electrons. The molecule has 1 saturated heterocycles. The molecule has 1 aliphatic heterocycles. The number of nitrogens with one attached hydrogen (secondary N) is 2. The minimum atomic E-state index is 0.0476. The average molecular weight is 208 g/mol. The van der Waals surface area contributed by atoms with Crippen LogP contribution in [0.5, 0.6) is 0 Å². The molecule has 1 aliphatic rings. The molecule has 0 radical (unpaired) electrons. The van der Waals surface area contributed by atoms with Crippen LogP contribution in [0.2, 0.25) is 0 Å². The van der Waals surface area contributed by atoms with E-state index in [-0.39, 0.29) is 11.9 Å². The molecule has 1 atom stereocenters. The van der Waals surface area contributed by atoms with Crippen molar-refractivity contribution in [1.82, 2.24) is 15.5 Å². The van der Waals surface area contributed by atoms with Crippen molar-refractivity contribution in [2.24, 2.45) is 0 Å². The smallest absolute Gasteiger partial charge is 0.217 e. The molecule has 2 rings (SSSR count). The Bertz CT molecular complexity index is 322. The van der Waals surface area contributed by atoms with Crippen molar-refractivity contribution in [2.45, 2.75) is 25.8 Å². The molecule has 15 heavy (non-hydrogen) atoms. The third kappa shape index (κ3) is 2.49. The van der Waals surface area contributed by atoms with Crippen LogP contribution in [-0.2, 0) is 4.79 Å². The highest BCUT2D eigenvalue weighted by Crippen LogP contribution is 2.16. The lowest BCUT2D eigenvalue weighted by Gasteiger charge is -2.33. The zero-order valence-electron chi connectivity index (χ0n) is 8.86. The van der Waals surface area contributed by atoms with E-state index in [0.717, 1.165) is 31.7 Å². The Morgan fingerprint density at radius 2 is 2.60 bits per heavy atom. The van der Waals surface area contributed by atoms with Gasteiger partial charge in [0.15, 0.2) is 0 Å². The largest absolute Gasteiger partial charge is 0.355 e. The van der Waals surface area contributed by atoms with Gasteiger partial charge in [-0.2, -0.15) is 5.10 Å². The maximum absolute atomic E-state index is 11.0. The van der Waals surface area contributed by atoms with Gasteiger partial charge in [-0.15, -0.1) is 0 Å². The van der Waals surface area contributed by atoms with E-state index in [4.69, 9.17) is 0 Å². The van der Waals surface area contributed by atoms with Crippen LogP contribution in [0.25, 0.3) is 0 Å². The molecule has 1 aromatic rings. The zero-order chi connectivity index (χ0) is 10.7. The van der Waals surface area contributed by atoms with Gasteiger partial charge >= 0.3 is 0 Å². The summed E-state index contributed by atoms with van der Waals surface area (Å²) in [6.07, 6.45) is 3.91. The summed E-state index contributed by atoms with van der Waals surface area (Å²) < 4.78 is 0. The molecule has 2 heterocycles. The highest BCUT2D eigenvalue weighted by Gasteiger charge is 2.20. The maximum Gasteiger partial charge on any atom is 0.217 e. The number of hydrogen-bond donors (Lipinski definition) is 2. The molecule has 0 saturated carbocycles. The van der Waals surface area contributed by atoms with Gasteiger partial charge in [0, 0.05) is 32.1 Å². The molecule has 2 N–H and O–H groups in total. The van der Waals surface area contributed by atoms with Gasteiger partial charge in [0.1, 0.15) is 5.82 Å². The fourth-order valence-electron chi connectivity index (χ4n) is 2.03. The van der Waals surface area contributed by atoms with Crippen molar-refractivity contribution in [3.8, 4) is 0 Å².